The maximum absolute atomic E-state index is 13.7. The molecule has 170 valence electrons. The molecule has 2 aliphatic carbocycles. The van der Waals surface area contributed by atoms with Crippen molar-refractivity contribution in [2.75, 3.05) is 20.3 Å². The molecule has 1 fully saturated rings. The summed E-state index contributed by atoms with van der Waals surface area (Å²) >= 11 is 0. The minimum Gasteiger partial charge on any atom is -0.381 e. The summed E-state index contributed by atoms with van der Waals surface area (Å²) in [4.78, 5) is 19.5. The molecule has 1 aromatic rings. The van der Waals surface area contributed by atoms with Gasteiger partial charge in [0, 0.05) is 18.9 Å². The Labute approximate surface area is 178 Å². The Morgan fingerprint density at radius 2 is 2.00 bits per heavy atom. The molecule has 9 heteroatoms. The number of fused-ring (bicyclic) bond motifs is 3. The van der Waals surface area contributed by atoms with Crippen LogP contribution in [0.25, 0.3) is 0 Å². The molecule has 0 aromatic heterocycles. The summed E-state index contributed by atoms with van der Waals surface area (Å²) in [5, 5.41) is 0. The van der Waals surface area contributed by atoms with Crippen molar-refractivity contribution in [3.8, 4) is 0 Å². The SMILES string of the molecule is COC1CCC2(CC1)Cc1ccc(CCC(F)(F)F)cc1C21N=C(N)N(CCF)C1=O. The number of rotatable bonds is 5. The van der Waals surface area contributed by atoms with E-state index in [9.17, 15) is 22.4 Å². The van der Waals surface area contributed by atoms with E-state index in [4.69, 9.17) is 10.5 Å². The highest BCUT2D eigenvalue weighted by Crippen LogP contribution is 2.62. The molecule has 4 rings (SSSR count). The Hall–Kier alpha value is -2.16. The van der Waals surface area contributed by atoms with Gasteiger partial charge in [0.25, 0.3) is 5.91 Å². The van der Waals surface area contributed by atoms with Gasteiger partial charge in [0.05, 0.1) is 12.6 Å². The fourth-order valence-electron chi connectivity index (χ4n) is 5.65. The minimum absolute atomic E-state index is 0.0237. The number of nitrogens with two attached hydrogens (primary N) is 1. The van der Waals surface area contributed by atoms with Crippen molar-refractivity contribution in [2.24, 2.45) is 16.1 Å². The third-order valence-electron chi connectivity index (χ3n) is 7.20. The van der Waals surface area contributed by atoms with Crippen LogP contribution in [0, 0.1) is 5.41 Å². The molecule has 3 aliphatic rings. The van der Waals surface area contributed by atoms with Crippen LogP contribution in [-0.4, -0.2) is 49.4 Å². The maximum atomic E-state index is 13.7. The Morgan fingerprint density at radius 1 is 1.29 bits per heavy atom. The third kappa shape index (κ3) is 3.50. The predicted octanol–water partition coefficient (Wildman–Crippen LogP) is 3.63. The van der Waals surface area contributed by atoms with Crippen molar-refractivity contribution in [3.05, 3.63) is 34.9 Å². The first-order valence-electron chi connectivity index (χ1n) is 10.6. The largest absolute Gasteiger partial charge is 0.389 e. The van der Waals surface area contributed by atoms with Crippen molar-refractivity contribution in [1.82, 2.24) is 4.90 Å². The Morgan fingerprint density at radius 3 is 2.61 bits per heavy atom. The predicted molar refractivity (Wildman–Crippen MR) is 107 cm³/mol. The first-order valence-corrected chi connectivity index (χ1v) is 10.6. The monoisotopic (exact) mass is 441 g/mol. The van der Waals surface area contributed by atoms with Crippen LogP contribution < -0.4 is 5.73 Å². The summed E-state index contributed by atoms with van der Waals surface area (Å²) in [7, 11) is 1.66. The summed E-state index contributed by atoms with van der Waals surface area (Å²) in [6.07, 6.45) is -1.86. The van der Waals surface area contributed by atoms with E-state index >= 15 is 0 Å². The summed E-state index contributed by atoms with van der Waals surface area (Å²) in [5.41, 5.74) is 6.25. The number of amides is 1. The minimum atomic E-state index is -4.26. The average molecular weight is 441 g/mol. The van der Waals surface area contributed by atoms with Crippen molar-refractivity contribution in [2.45, 2.75) is 62.8 Å². The van der Waals surface area contributed by atoms with Crippen LogP contribution >= 0.6 is 0 Å². The highest BCUT2D eigenvalue weighted by atomic mass is 19.4. The van der Waals surface area contributed by atoms with Gasteiger partial charge in [0.2, 0.25) is 0 Å². The van der Waals surface area contributed by atoms with Crippen LogP contribution in [0.15, 0.2) is 23.2 Å². The quantitative estimate of drug-likeness (QED) is 0.710. The summed E-state index contributed by atoms with van der Waals surface area (Å²) in [6.45, 7) is -0.939. The lowest BCUT2D eigenvalue weighted by atomic mass is 9.61. The zero-order chi connectivity index (χ0) is 22.4. The Balaban J connectivity index is 1.78. The van der Waals surface area contributed by atoms with Crippen molar-refractivity contribution < 1.29 is 27.1 Å². The molecule has 2 spiro atoms. The number of guanidine groups is 1. The number of aryl methyl sites for hydroxylation is 1. The molecule has 1 atom stereocenters. The van der Waals surface area contributed by atoms with Gasteiger partial charge >= 0.3 is 6.18 Å². The van der Waals surface area contributed by atoms with E-state index in [1.54, 1.807) is 19.2 Å². The van der Waals surface area contributed by atoms with Gasteiger partial charge in [-0.15, -0.1) is 0 Å². The molecule has 1 amide bonds. The number of hydrogen-bond acceptors (Lipinski definition) is 4. The second-order valence-corrected chi connectivity index (χ2v) is 8.83. The average Bonchev–Trinajstić information content (AvgIpc) is 3.14. The van der Waals surface area contributed by atoms with E-state index in [0.717, 1.165) is 18.4 Å². The van der Waals surface area contributed by atoms with Crippen LogP contribution in [0.5, 0.6) is 0 Å². The third-order valence-corrected chi connectivity index (χ3v) is 7.20. The molecular weight excluding hydrogens is 414 g/mol. The van der Waals surface area contributed by atoms with Crippen LogP contribution in [-0.2, 0) is 27.9 Å². The molecule has 0 radical (unpaired) electrons. The van der Waals surface area contributed by atoms with E-state index in [-0.39, 0.29) is 30.9 Å². The van der Waals surface area contributed by atoms with Crippen LogP contribution in [0.4, 0.5) is 17.6 Å². The lowest BCUT2D eigenvalue weighted by molar-refractivity contribution is -0.138. The number of aliphatic imine (C=N–C) groups is 1. The molecule has 1 saturated carbocycles. The number of nitrogens with zero attached hydrogens (tertiary/aromatic N) is 2. The molecule has 2 N–H and O–H groups in total. The van der Waals surface area contributed by atoms with Gasteiger partial charge in [-0.25, -0.2) is 9.38 Å². The topological polar surface area (TPSA) is 67.9 Å². The normalized spacial score (nSPS) is 30.4. The van der Waals surface area contributed by atoms with E-state index in [0.29, 0.717) is 30.4 Å². The number of alkyl halides is 4. The summed E-state index contributed by atoms with van der Waals surface area (Å²) in [6, 6.07) is 5.20. The Kier molecular flexibility index (Phi) is 5.52. The number of carbonyl (C=O) groups excluding carboxylic acids is 1. The molecule has 1 heterocycles. The molecular formula is C22H27F4N3O2. The van der Waals surface area contributed by atoms with Crippen LogP contribution in [0.1, 0.15) is 48.8 Å². The van der Waals surface area contributed by atoms with Gasteiger partial charge in [-0.2, -0.15) is 13.2 Å². The highest BCUT2D eigenvalue weighted by Gasteiger charge is 2.66. The van der Waals surface area contributed by atoms with Crippen LogP contribution in [0.3, 0.4) is 0 Å². The summed E-state index contributed by atoms with van der Waals surface area (Å²) < 4.78 is 56.9. The smallest absolute Gasteiger partial charge is 0.381 e. The van der Waals surface area contributed by atoms with E-state index in [2.05, 4.69) is 4.99 Å². The zero-order valence-corrected chi connectivity index (χ0v) is 17.5. The first kappa shape index (κ1) is 22.0. The number of methoxy groups -OCH3 is 1. The Bertz CT molecular complexity index is 893. The van der Waals surface area contributed by atoms with Gasteiger partial charge in [-0.05, 0) is 55.2 Å². The van der Waals surface area contributed by atoms with Crippen molar-refractivity contribution in [1.29, 1.82) is 0 Å². The first-order chi connectivity index (χ1) is 14.7. The molecule has 5 nitrogen and oxygen atoms in total. The van der Waals surface area contributed by atoms with Gasteiger partial charge in [0.15, 0.2) is 11.5 Å². The number of hydrogen-bond donors (Lipinski definition) is 1. The number of benzene rings is 1. The highest BCUT2D eigenvalue weighted by molar-refractivity contribution is 6.08. The standard InChI is InChI=1S/C22H27F4N3O2/c1-31-16-5-7-20(8-6-16)13-15-3-2-14(4-9-21(24,25)26)12-17(15)22(20)18(30)29(11-10-23)19(27)28-22/h2-3,12,16H,4-11,13H2,1H3,(H2,27,28). The lowest BCUT2D eigenvalue weighted by Gasteiger charge is -2.45. The molecule has 0 saturated heterocycles. The summed E-state index contributed by atoms with van der Waals surface area (Å²) in [5.74, 6) is -0.394. The lowest BCUT2D eigenvalue weighted by Crippen LogP contribution is -2.52. The second-order valence-electron chi connectivity index (χ2n) is 8.83. The fraction of sp³-hybridized carbons (Fsp3) is 0.636. The van der Waals surface area contributed by atoms with Crippen LogP contribution in [0.2, 0.25) is 0 Å². The van der Waals surface area contributed by atoms with E-state index < -0.39 is 30.2 Å². The number of ether oxygens (including phenoxy) is 1. The second kappa shape index (κ2) is 7.76. The maximum Gasteiger partial charge on any atom is 0.389 e. The number of halogens is 4. The van der Waals surface area contributed by atoms with Gasteiger partial charge in [0.1, 0.15) is 6.67 Å². The fourth-order valence-corrected chi connectivity index (χ4v) is 5.65. The van der Waals surface area contributed by atoms with Gasteiger partial charge in [-0.1, -0.05) is 18.2 Å². The molecule has 1 aromatic carbocycles. The molecule has 1 aliphatic heterocycles. The van der Waals surface area contributed by atoms with Crippen molar-refractivity contribution in [3.63, 3.8) is 0 Å². The van der Waals surface area contributed by atoms with E-state index in [1.807, 2.05) is 6.07 Å². The molecule has 1 unspecified atom stereocenters. The number of carbonyl (C=O) groups is 1. The van der Waals surface area contributed by atoms with Gasteiger partial charge in [-0.3, -0.25) is 9.69 Å². The van der Waals surface area contributed by atoms with E-state index in [1.165, 1.54) is 4.90 Å². The zero-order valence-electron chi connectivity index (χ0n) is 17.5. The van der Waals surface area contributed by atoms with Gasteiger partial charge < -0.3 is 10.5 Å². The molecule has 0 bridgehead atoms. The molecule has 31 heavy (non-hydrogen) atoms. The van der Waals surface area contributed by atoms with Crippen molar-refractivity contribution >= 4 is 11.9 Å².